The number of amides is 3. The predicted molar refractivity (Wildman–Crippen MR) is 92.6 cm³/mol. The molecule has 0 aliphatic heterocycles. The van der Waals surface area contributed by atoms with Gasteiger partial charge in [-0.1, -0.05) is 6.07 Å². The van der Waals surface area contributed by atoms with Gasteiger partial charge >= 0.3 is 12.0 Å². The lowest BCUT2D eigenvalue weighted by atomic mass is 10.1. The first-order valence-electron chi connectivity index (χ1n) is 7.45. The predicted octanol–water partition coefficient (Wildman–Crippen LogP) is -1.03. The molecule has 0 saturated carbocycles. The summed E-state index contributed by atoms with van der Waals surface area (Å²) in [6.07, 6.45) is 0.866. The van der Waals surface area contributed by atoms with Crippen LogP contribution in [0.3, 0.4) is 0 Å². The molecular weight excluding hydrogens is 344 g/mol. The van der Waals surface area contributed by atoms with Crippen LogP contribution in [-0.4, -0.2) is 54.4 Å². The summed E-state index contributed by atoms with van der Waals surface area (Å²) in [5, 5.41) is 25.4. The number of carbonyl (C=O) groups is 3. The highest BCUT2D eigenvalue weighted by molar-refractivity contribution is 5.98. The first kappa shape index (κ1) is 20.4. The molecule has 1 radical (unpaired) electrons. The Bertz CT molecular complexity index is 693. The van der Waals surface area contributed by atoms with Crippen molar-refractivity contribution >= 4 is 35.8 Å². The van der Waals surface area contributed by atoms with E-state index in [0.29, 0.717) is 5.69 Å². The Kier molecular flexibility index (Phi) is 8.07. The third-order valence-electron chi connectivity index (χ3n) is 2.93. The minimum Gasteiger partial charge on any atom is -0.481 e. The molecule has 0 aliphatic carbocycles. The molecule has 0 aliphatic rings. The number of anilines is 1. The normalized spacial score (nSPS) is 10.9. The summed E-state index contributed by atoms with van der Waals surface area (Å²) in [4.78, 5) is 45.1. The Balaban J connectivity index is 2.59. The van der Waals surface area contributed by atoms with E-state index in [-0.39, 0.29) is 24.6 Å². The van der Waals surface area contributed by atoms with Crippen LogP contribution < -0.4 is 27.0 Å². The van der Waals surface area contributed by atoms with Crippen LogP contribution in [0.4, 0.5) is 10.5 Å². The zero-order chi connectivity index (χ0) is 19.5. The van der Waals surface area contributed by atoms with E-state index in [0.717, 1.165) is 0 Å². The summed E-state index contributed by atoms with van der Waals surface area (Å²) in [5.41, 5.74) is 5.55. The number of nitrogens with one attached hydrogen (secondary N) is 5. The van der Waals surface area contributed by atoms with Crippen LogP contribution in [0, 0.1) is 5.41 Å². The standard InChI is InChI=1S/C15H19N6O5/c16-14(17)18-4-5-19-15(26)21-10-3-1-2-9(6-10)13(25)20-11(8-22)7-12(23)24/h1-3,6,11H,4-5,7H2,(H,20,25)(H,23,24)(H4,16,17,18)(H2,19,21,26)/t11-/m0/s1. The van der Waals surface area contributed by atoms with Crippen LogP contribution in [0.25, 0.3) is 0 Å². The Morgan fingerprint density at radius 2 is 1.92 bits per heavy atom. The zero-order valence-electron chi connectivity index (χ0n) is 13.7. The molecule has 1 atom stereocenters. The van der Waals surface area contributed by atoms with E-state index < -0.39 is 30.4 Å². The average Bonchev–Trinajstić information content (AvgIpc) is 2.57. The van der Waals surface area contributed by atoms with Crippen molar-refractivity contribution in [1.82, 2.24) is 16.0 Å². The third kappa shape index (κ3) is 7.77. The Morgan fingerprint density at radius 3 is 2.54 bits per heavy atom. The fourth-order valence-electron chi connectivity index (χ4n) is 1.83. The highest BCUT2D eigenvalue weighted by Gasteiger charge is 2.17. The van der Waals surface area contributed by atoms with Crippen LogP contribution in [0.1, 0.15) is 16.8 Å². The topological polar surface area (TPSA) is 186 Å². The van der Waals surface area contributed by atoms with Crippen molar-refractivity contribution in [2.75, 3.05) is 18.4 Å². The minimum absolute atomic E-state index is 0.131. The first-order valence-corrected chi connectivity index (χ1v) is 7.45. The molecule has 8 N–H and O–H groups in total. The number of carboxylic acid groups (broad SMARTS) is 1. The minimum atomic E-state index is -1.27. The van der Waals surface area contributed by atoms with Gasteiger partial charge in [0.25, 0.3) is 5.91 Å². The number of carboxylic acids is 1. The Morgan fingerprint density at radius 1 is 1.23 bits per heavy atom. The molecule has 0 heterocycles. The van der Waals surface area contributed by atoms with Gasteiger partial charge in [-0.3, -0.25) is 19.8 Å². The molecule has 0 unspecified atom stereocenters. The largest absolute Gasteiger partial charge is 0.481 e. The maximum Gasteiger partial charge on any atom is 0.319 e. The second-order valence-corrected chi connectivity index (χ2v) is 5.04. The van der Waals surface area contributed by atoms with Crippen LogP contribution in [0.15, 0.2) is 24.3 Å². The molecule has 0 aromatic heterocycles. The van der Waals surface area contributed by atoms with Crippen molar-refractivity contribution in [3.8, 4) is 0 Å². The number of hydrogen-bond donors (Lipinski definition) is 7. The summed E-state index contributed by atoms with van der Waals surface area (Å²) >= 11 is 0. The maximum atomic E-state index is 12.1. The summed E-state index contributed by atoms with van der Waals surface area (Å²) in [6.45, 7) is 0.496. The van der Waals surface area contributed by atoms with Gasteiger partial charge in [0.2, 0.25) is 6.29 Å². The number of hydrogen-bond acceptors (Lipinski definition) is 5. The number of benzene rings is 1. The van der Waals surface area contributed by atoms with Gasteiger partial charge in [0, 0.05) is 24.3 Å². The first-order chi connectivity index (χ1) is 12.3. The van der Waals surface area contributed by atoms with Gasteiger partial charge in [0.05, 0.1) is 6.42 Å². The number of nitrogens with two attached hydrogens (primary N) is 1. The van der Waals surface area contributed by atoms with Crippen molar-refractivity contribution in [3.63, 3.8) is 0 Å². The van der Waals surface area contributed by atoms with E-state index in [9.17, 15) is 19.2 Å². The molecule has 1 aromatic carbocycles. The molecule has 11 nitrogen and oxygen atoms in total. The number of rotatable bonds is 9. The molecule has 0 fully saturated rings. The maximum absolute atomic E-state index is 12.1. The van der Waals surface area contributed by atoms with Gasteiger partial charge in [-0.05, 0) is 18.2 Å². The zero-order valence-corrected chi connectivity index (χ0v) is 13.7. The van der Waals surface area contributed by atoms with Gasteiger partial charge in [-0.15, -0.1) is 0 Å². The SMILES string of the molecule is N=C(N)NCCNC(=O)Nc1cccc(C(=O)N[C@H]([C]=O)CC(=O)O)c1. The van der Waals surface area contributed by atoms with Crippen molar-refractivity contribution in [2.24, 2.45) is 5.73 Å². The molecule has 1 aromatic rings. The molecule has 139 valence electrons. The highest BCUT2D eigenvalue weighted by Crippen LogP contribution is 2.11. The molecule has 3 amide bonds. The van der Waals surface area contributed by atoms with Crippen LogP contribution in [0.2, 0.25) is 0 Å². The lowest BCUT2D eigenvalue weighted by Gasteiger charge is -2.11. The van der Waals surface area contributed by atoms with E-state index in [4.69, 9.17) is 16.2 Å². The van der Waals surface area contributed by atoms with E-state index in [1.807, 2.05) is 0 Å². The Hall–Kier alpha value is -3.63. The van der Waals surface area contributed by atoms with Crippen molar-refractivity contribution < 1.29 is 24.3 Å². The third-order valence-corrected chi connectivity index (χ3v) is 2.93. The summed E-state index contributed by atoms with van der Waals surface area (Å²) in [5.74, 6) is -2.13. The van der Waals surface area contributed by atoms with Crippen LogP contribution in [0.5, 0.6) is 0 Å². The smallest absolute Gasteiger partial charge is 0.319 e. The fraction of sp³-hybridized carbons (Fsp3) is 0.267. The Labute approximate surface area is 148 Å². The lowest BCUT2D eigenvalue weighted by molar-refractivity contribution is -0.137. The molecule has 0 spiro atoms. The lowest BCUT2D eigenvalue weighted by Crippen LogP contribution is -2.39. The number of urea groups is 1. The summed E-state index contributed by atoms with van der Waals surface area (Å²) < 4.78 is 0. The number of aliphatic carboxylic acids is 1. The number of carbonyl (C=O) groups excluding carboxylic acids is 3. The van der Waals surface area contributed by atoms with Gasteiger partial charge in [0.15, 0.2) is 5.96 Å². The average molecular weight is 363 g/mol. The van der Waals surface area contributed by atoms with Crippen LogP contribution >= 0.6 is 0 Å². The van der Waals surface area contributed by atoms with Crippen molar-refractivity contribution in [3.05, 3.63) is 29.8 Å². The van der Waals surface area contributed by atoms with Gasteiger partial charge in [-0.25, -0.2) is 4.79 Å². The van der Waals surface area contributed by atoms with E-state index in [2.05, 4.69) is 21.3 Å². The highest BCUT2D eigenvalue weighted by atomic mass is 16.4. The molecule has 0 saturated heterocycles. The molecule has 26 heavy (non-hydrogen) atoms. The van der Waals surface area contributed by atoms with Gasteiger partial charge in [-0.2, -0.15) is 0 Å². The van der Waals surface area contributed by atoms with Gasteiger partial charge < -0.3 is 32.1 Å². The van der Waals surface area contributed by atoms with E-state index in [1.165, 1.54) is 24.5 Å². The number of guanidine groups is 1. The van der Waals surface area contributed by atoms with Crippen LogP contribution in [-0.2, 0) is 9.59 Å². The quantitative estimate of drug-likeness (QED) is 0.166. The van der Waals surface area contributed by atoms with Crippen molar-refractivity contribution in [1.29, 1.82) is 5.41 Å². The monoisotopic (exact) mass is 363 g/mol. The van der Waals surface area contributed by atoms with E-state index in [1.54, 1.807) is 6.07 Å². The molecule has 0 bridgehead atoms. The summed E-state index contributed by atoms with van der Waals surface area (Å²) in [6, 6.07) is 4.07. The fourth-order valence-corrected chi connectivity index (χ4v) is 1.83. The second kappa shape index (κ2) is 10.3. The summed E-state index contributed by atoms with van der Waals surface area (Å²) in [7, 11) is 0. The van der Waals surface area contributed by atoms with Gasteiger partial charge in [0.1, 0.15) is 6.04 Å². The van der Waals surface area contributed by atoms with E-state index >= 15 is 0 Å². The second-order valence-electron chi connectivity index (χ2n) is 5.04. The molecular formula is C15H19N6O5. The molecule has 11 heteroatoms. The van der Waals surface area contributed by atoms with Crippen molar-refractivity contribution in [2.45, 2.75) is 12.5 Å². The molecule has 1 rings (SSSR count).